The highest BCUT2D eigenvalue weighted by atomic mass is 35.5. The summed E-state index contributed by atoms with van der Waals surface area (Å²) in [6.45, 7) is 7.31. The van der Waals surface area contributed by atoms with Crippen molar-refractivity contribution in [3.63, 3.8) is 0 Å². The van der Waals surface area contributed by atoms with Crippen LogP contribution in [0.1, 0.15) is 18.1 Å². The molecule has 5 nitrogen and oxygen atoms in total. The summed E-state index contributed by atoms with van der Waals surface area (Å²) in [5.74, 6) is 1.08. The lowest BCUT2D eigenvalue weighted by molar-refractivity contribution is 0.210. The minimum absolute atomic E-state index is 0.275. The van der Waals surface area contributed by atoms with Crippen LogP contribution in [0.4, 0.5) is 5.69 Å². The molecule has 1 aromatic carbocycles. The molecule has 0 saturated heterocycles. The van der Waals surface area contributed by atoms with E-state index in [-0.39, 0.29) is 5.88 Å². The summed E-state index contributed by atoms with van der Waals surface area (Å²) < 4.78 is 5.77. The van der Waals surface area contributed by atoms with Crippen LogP contribution in [0.3, 0.4) is 0 Å². The van der Waals surface area contributed by atoms with E-state index in [1.54, 1.807) is 0 Å². The Morgan fingerprint density at radius 2 is 2.05 bits per heavy atom. The molecule has 0 heterocycles. The van der Waals surface area contributed by atoms with Crippen molar-refractivity contribution in [3.8, 4) is 5.75 Å². The minimum atomic E-state index is 0.275. The summed E-state index contributed by atoms with van der Waals surface area (Å²) in [6.07, 6.45) is 1.83. The van der Waals surface area contributed by atoms with Crippen LogP contribution in [-0.4, -0.2) is 50.1 Å². The van der Waals surface area contributed by atoms with Gasteiger partial charge in [0, 0.05) is 13.6 Å². The molecule has 22 heavy (non-hydrogen) atoms. The van der Waals surface area contributed by atoms with Crippen molar-refractivity contribution in [2.45, 2.75) is 20.8 Å². The van der Waals surface area contributed by atoms with Crippen molar-refractivity contribution >= 4 is 29.3 Å². The van der Waals surface area contributed by atoms with Crippen molar-refractivity contribution in [1.29, 1.82) is 0 Å². The molecule has 0 aliphatic carbocycles. The molecule has 1 rings (SSSR count). The monoisotopic (exact) mass is 325 g/mol. The van der Waals surface area contributed by atoms with Crippen molar-refractivity contribution < 1.29 is 9.57 Å². The number of aryl methyl sites for hydroxylation is 2. The Hall–Kier alpha value is -1.75. The van der Waals surface area contributed by atoms with Gasteiger partial charge in [-0.3, -0.25) is 0 Å². The molecule has 0 bridgehead atoms. The van der Waals surface area contributed by atoms with Gasteiger partial charge in [0.2, 0.25) is 0 Å². The summed E-state index contributed by atoms with van der Waals surface area (Å²) in [5, 5.41) is 3.82. The van der Waals surface area contributed by atoms with Gasteiger partial charge in [0.25, 0.3) is 0 Å². The van der Waals surface area contributed by atoms with Crippen LogP contribution in [0.5, 0.6) is 5.75 Å². The SMILES string of the molecule is CCN(C)C=Nc1cc(C)c(OCC(CCl)=NOC)cc1C. The van der Waals surface area contributed by atoms with Gasteiger partial charge >= 0.3 is 0 Å². The fourth-order valence-electron chi connectivity index (χ4n) is 1.69. The summed E-state index contributed by atoms with van der Waals surface area (Å²) in [5.41, 5.74) is 3.65. The number of ether oxygens (including phenoxy) is 1. The first kappa shape index (κ1) is 18.3. The lowest BCUT2D eigenvalue weighted by Crippen LogP contribution is -2.14. The maximum atomic E-state index is 5.78. The molecule has 122 valence electrons. The average molecular weight is 326 g/mol. The van der Waals surface area contributed by atoms with E-state index in [0.29, 0.717) is 12.3 Å². The standard InChI is InChI=1S/C16H24ClN3O2/c1-6-20(4)11-18-15-7-13(3)16(8-12(15)2)22-10-14(9-17)19-21-5/h7-8,11H,6,9-10H2,1-5H3. The Labute approximate surface area is 137 Å². The number of hydrogen-bond donors (Lipinski definition) is 0. The van der Waals surface area contributed by atoms with Gasteiger partial charge < -0.3 is 14.5 Å². The van der Waals surface area contributed by atoms with Crippen LogP contribution in [-0.2, 0) is 4.84 Å². The van der Waals surface area contributed by atoms with Crippen molar-refractivity contribution in [2.75, 3.05) is 33.2 Å². The average Bonchev–Trinajstić information content (AvgIpc) is 2.52. The summed E-state index contributed by atoms with van der Waals surface area (Å²) in [7, 11) is 3.48. The van der Waals surface area contributed by atoms with Crippen molar-refractivity contribution in [2.24, 2.45) is 10.1 Å². The second kappa shape index (κ2) is 9.30. The van der Waals surface area contributed by atoms with E-state index < -0.39 is 0 Å². The third-order valence-electron chi connectivity index (χ3n) is 3.16. The third-order valence-corrected chi connectivity index (χ3v) is 3.46. The molecular weight excluding hydrogens is 302 g/mol. The van der Waals surface area contributed by atoms with Crippen LogP contribution in [0.25, 0.3) is 0 Å². The van der Waals surface area contributed by atoms with Gasteiger partial charge in [0.1, 0.15) is 25.2 Å². The number of aliphatic imine (C=N–C) groups is 1. The number of hydrogen-bond acceptors (Lipinski definition) is 4. The second-order valence-electron chi connectivity index (χ2n) is 4.98. The van der Waals surface area contributed by atoms with Gasteiger partial charge in [-0.2, -0.15) is 0 Å². The molecule has 0 atom stereocenters. The number of halogens is 1. The third kappa shape index (κ3) is 5.56. The normalized spacial score (nSPS) is 11.8. The molecule has 0 spiro atoms. The second-order valence-corrected chi connectivity index (χ2v) is 5.25. The van der Waals surface area contributed by atoms with Crippen molar-refractivity contribution in [1.82, 2.24) is 4.90 Å². The molecule has 0 unspecified atom stereocenters. The Balaban J connectivity index is 2.85. The van der Waals surface area contributed by atoms with Gasteiger partial charge in [-0.25, -0.2) is 4.99 Å². The number of benzene rings is 1. The molecule has 0 N–H and O–H groups in total. The molecule has 0 radical (unpaired) electrons. The molecular formula is C16H24ClN3O2. The van der Waals surface area contributed by atoms with Crippen LogP contribution < -0.4 is 4.74 Å². The highest BCUT2D eigenvalue weighted by Gasteiger charge is 2.07. The van der Waals surface area contributed by atoms with E-state index in [1.807, 2.05) is 44.3 Å². The quantitative estimate of drug-likeness (QED) is 0.318. The Morgan fingerprint density at radius 1 is 1.32 bits per heavy atom. The van der Waals surface area contributed by atoms with Gasteiger partial charge in [0.15, 0.2) is 0 Å². The summed E-state index contributed by atoms with van der Waals surface area (Å²) in [4.78, 5) is 11.2. The summed E-state index contributed by atoms with van der Waals surface area (Å²) in [6, 6.07) is 3.99. The minimum Gasteiger partial charge on any atom is -0.487 e. The van der Waals surface area contributed by atoms with Gasteiger partial charge in [-0.1, -0.05) is 5.16 Å². The highest BCUT2D eigenvalue weighted by molar-refractivity contribution is 6.28. The number of alkyl halides is 1. The van der Waals surface area contributed by atoms with Gasteiger partial charge in [-0.15, -0.1) is 11.6 Å². The Morgan fingerprint density at radius 3 is 2.64 bits per heavy atom. The van der Waals surface area contributed by atoms with E-state index in [1.165, 1.54) is 7.11 Å². The molecule has 0 amide bonds. The first-order valence-corrected chi connectivity index (χ1v) is 7.68. The Kier molecular flexibility index (Phi) is 7.74. The molecule has 0 aromatic heterocycles. The predicted molar refractivity (Wildman–Crippen MR) is 93.0 cm³/mol. The molecule has 0 fully saturated rings. The van der Waals surface area contributed by atoms with Crippen LogP contribution >= 0.6 is 11.6 Å². The van der Waals surface area contributed by atoms with E-state index >= 15 is 0 Å². The molecule has 6 heteroatoms. The van der Waals surface area contributed by atoms with Gasteiger partial charge in [-0.05, 0) is 44.0 Å². The largest absolute Gasteiger partial charge is 0.487 e. The van der Waals surface area contributed by atoms with Gasteiger partial charge in [0.05, 0.1) is 17.9 Å². The maximum absolute atomic E-state index is 5.78. The smallest absolute Gasteiger partial charge is 0.131 e. The predicted octanol–water partition coefficient (Wildman–Crippen LogP) is 3.53. The fraction of sp³-hybridized carbons (Fsp3) is 0.500. The number of rotatable bonds is 8. The Bertz CT molecular complexity index is 544. The van der Waals surface area contributed by atoms with E-state index in [4.69, 9.17) is 21.2 Å². The highest BCUT2D eigenvalue weighted by Crippen LogP contribution is 2.28. The van der Waals surface area contributed by atoms with E-state index in [0.717, 1.165) is 29.1 Å². The molecule has 0 saturated carbocycles. The number of oxime groups is 1. The first-order chi connectivity index (χ1) is 10.5. The van der Waals surface area contributed by atoms with Crippen LogP contribution in [0.2, 0.25) is 0 Å². The maximum Gasteiger partial charge on any atom is 0.131 e. The first-order valence-electron chi connectivity index (χ1n) is 7.15. The van der Waals surface area contributed by atoms with E-state index in [2.05, 4.69) is 17.1 Å². The van der Waals surface area contributed by atoms with Crippen LogP contribution in [0.15, 0.2) is 22.3 Å². The molecule has 0 aliphatic heterocycles. The zero-order valence-electron chi connectivity index (χ0n) is 13.9. The van der Waals surface area contributed by atoms with E-state index in [9.17, 15) is 0 Å². The topological polar surface area (TPSA) is 46.4 Å². The lowest BCUT2D eigenvalue weighted by Gasteiger charge is -2.13. The molecule has 0 aliphatic rings. The van der Waals surface area contributed by atoms with Crippen molar-refractivity contribution in [3.05, 3.63) is 23.3 Å². The summed E-state index contributed by atoms with van der Waals surface area (Å²) >= 11 is 5.78. The number of nitrogens with zero attached hydrogens (tertiary/aromatic N) is 3. The fourth-order valence-corrected chi connectivity index (χ4v) is 1.82. The zero-order chi connectivity index (χ0) is 16.5. The molecule has 1 aromatic rings. The zero-order valence-corrected chi connectivity index (χ0v) is 14.6. The van der Waals surface area contributed by atoms with Crippen LogP contribution in [0, 0.1) is 13.8 Å². The lowest BCUT2D eigenvalue weighted by atomic mass is 10.1.